The molecule has 1 aromatic heterocycles. The maximum Gasteiger partial charge on any atom is 0.335 e. The molecule has 12 heteroatoms. The van der Waals surface area contributed by atoms with E-state index in [0.29, 0.717) is 11.1 Å². The first-order valence-electron chi connectivity index (χ1n) is 13.7. The number of aromatic carboxylic acids is 1. The van der Waals surface area contributed by atoms with Crippen molar-refractivity contribution in [2.75, 3.05) is 0 Å². The Balaban J connectivity index is 1.74. The smallest absolute Gasteiger partial charge is 0.335 e. The van der Waals surface area contributed by atoms with Crippen molar-refractivity contribution in [2.24, 2.45) is 0 Å². The SMILES string of the molecule is [C-]#[N+]c1cccc(F)c1-c1c(-c2cccc(-c3ccc(C(=O)O)cc3Cl)c2)n(S(=O)(=O)c2ccc(C(F)F)cc2)c2ccc(F)cc12. The minimum atomic E-state index is -4.66. The summed E-state index contributed by atoms with van der Waals surface area (Å²) >= 11 is 6.45. The van der Waals surface area contributed by atoms with Crippen LogP contribution in [0.4, 0.5) is 23.2 Å². The molecule has 1 heterocycles. The average molecular weight is 675 g/mol. The van der Waals surface area contributed by atoms with Crippen LogP contribution in [0.5, 0.6) is 0 Å². The van der Waals surface area contributed by atoms with Crippen LogP contribution in [-0.4, -0.2) is 23.5 Å². The molecule has 5 aromatic carbocycles. The zero-order chi connectivity index (χ0) is 33.6. The summed E-state index contributed by atoms with van der Waals surface area (Å²) in [5.74, 6) is -2.83. The van der Waals surface area contributed by atoms with Crippen LogP contribution in [0.2, 0.25) is 5.02 Å². The predicted octanol–water partition coefficient (Wildman–Crippen LogP) is 10.00. The Labute approximate surface area is 270 Å². The lowest BCUT2D eigenvalue weighted by Gasteiger charge is -2.16. The molecule has 0 bridgehead atoms. The summed E-state index contributed by atoms with van der Waals surface area (Å²) in [4.78, 5) is 14.5. The van der Waals surface area contributed by atoms with Gasteiger partial charge in [-0.1, -0.05) is 60.1 Å². The molecule has 0 aliphatic carbocycles. The predicted molar refractivity (Wildman–Crippen MR) is 170 cm³/mol. The molecule has 0 aliphatic heterocycles. The van der Waals surface area contributed by atoms with Crippen molar-refractivity contribution in [1.29, 1.82) is 0 Å². The molecular weight excluding hydrogens is 656 g/mol. The molecule has 1 N–H and O–H groups in total. The number of fused-ring (bicyclic) bond motifs is 1. The number of nitrogens with zero attached hydrogens (tertiary/aromatic N) is 2. The fourth-order valence-electron chi connectivity index (χ4n) is 5.46. The Hall–Kier alpha value is -5.44. The van der Waals surface area contributed by atoms with E-state index < -0.39 is 39.6 Å². The number of carbonyl (C=O) groups is 1. The highest BCUT2D eigenvalue weighted by Crippen LogP contribution is 2.47. The van der Waals surface area contributed by atoms with Gasteiger partial charge < -0.3 is 5.11 Å². The van der Waals surface area contributed by atoms with Gasteiger partial charge in [-0.05, 0) is 60.2 Å². The standard InChI is InChI=1S/C35H19ClF4N2O4S/c1-41-29-7-3-6-28(38)32(29)31-26-18-23(37)11-15-30(26)42(47(45,46)24-12-8-19(9-13-24)34(39)40)33(31)21-5-2-4-20(16-21)25-14-10-22(35(43)44)17-27(25)36/h2-18,34H,(H,43,44). The van der Waals surface area contributed by atoms with Crippen LogP contribution < -0.4 is 0 Å². The number of hydrogen-bond acceptors (Lipinski definition) is 3. The van der Waals surface area contributed by atoms with Gasteiger partial charge in [0.25, 0.3) is 16.4 Å². The molecule has 0 amide bonds. The third-order valence-corrected chi connectivity index (χ3v) is 9.62. The molecule has 6 rings (SSSR count). The molecule has 0 spiro atoms. The van der Waals surface area contributed by atoms with Crippen LogP contribution in [0.25, 0.3) is 49.3 Å². The Bertz CT molecular complexity index is 2380. The number of alkyl halides is 2. The minimum Gasteiger partial charge on any atom is -0.478 e. The Kier molecular flexibility index (Phi) is 8.09. The van der Waals surface area contributed by atoms with Crippen molar-refractivity contribution in [3.8, 4) is 33.5 Å². The zero-order valence-corrected chi connectivity index (χ0v) is 25.3. The van der Waals surface area contributed by atoms with Gasteiger partial charge in [0.1, 0.15) is 11.6 Å². The first-order valence-corrected chi connectivity index (χ1v) is 15.5. The zero-order valence-electron chi connectivity index (χ0n) is 23.8. The Morgan fingerprint density at radius 2 is 1.55 bits per heavy atom. The van der Waals surface area contributed by atoms with Crippen molar-refractivity contribution in [3.05, 3.63) is 142 Å². The quantitative estimate of drug-likeness (QED) is 0.135. The summed E-state index contributed by atoms with van der Waals surface area (Å²) in [6.07, 6.45) is -2.85. The second-order valence-electron chi connectivity index (χ2n) is 10.4. The molecule has 0 saturated heterocycles. The number of benzene rings is 5. The van der Waals surface area contributed by atoms with Gasteiger partial charge in [-0.25, -0.2) is 39.6 Å². The van der Waals surface area contributed by atoms with E-state index in [1.165, 1.54) is 42.5 Å². The second-order valence-corrected chi connectivity index (χ2v) is 12.5. The van der Waals surface area contributed by atoms with Crippen molar-refractivity contribution in [1.82, 2.24) is 3.97 Å². The minimum absolute atomic E-state index is 0.0305. The van der Waals surface area contributed by atoms with E-state index in [0.717, 1.165) is 46.4 Å². The molecule has 0 saturated carbocycles. The molecule has 234 valence electrons. The monoisotopic (exact) mass is 674 g/mol. The summed E-state index contributed by atoms with van der Waals surface area (Å²) < 4.78 is 87.1. The molecule has 0 atom stereocenters. The lowest BCUT2D eigenvalue weighted by Crippen LogP contribution is -2.14. The van der Waals surface area contributed by atoms with Gasteiger partial charge in [-0.15, -0.1) is 0 Å². The van der Waals surface area contributed by atoms with Crippen LogP contribution >= 0.6 is 11.6 Å². The van der Waals surface area contributed by atoms with Crippen LogP contribution in [0.1, 0.15) is 22.3 Å². The van der Waals surface area contributed by atoms with Crippen molar-refractivity contribution >= 4 is 44.2 Å². The maximum atomic E-state index is 15.8. The summed E-state index contributed by atoms with van der Waals surface area (Å²) in [6, 6.07) is 21.4. The maximum absolute atomic E-state index is 15.8. The lowest BCUT2D eigenvalue weighted by molar-refractivity contribution is 0.0696. The molecule has 47 heavy (non-hydrogen) atoms. The Morgan fingerprint density at radius 3 is 2.21 bits per heavy atom. The van der Waals surface area contributed by atoms with Crippen LogP contribution in [0, 0.1) is 18.2 Å². The van der Waals surface area contributed by atoms with Gasteiger partial charge in [-0.2, -0.15) is 0 Å². The number of rotatable bonds is 7. The van der Waals surface area contributed by atoms with E-state index in [2.05, 4.69) is 4.85 Å². The number of aromatic nitrogens is 1. The van der Waals surface area contributed by atoms with Crippen molar-refractivity contribution < 1.29 is 35.9 Å². The van der Waals surface area contributed by atoms with Crippen LogP contribution in [0.15, 0.2) is 108 Å². The molecule has 0 aliphatic rings. The summed E-state index contributed by atoms with van der Waals surface area (Å²) in [5, 5.41) is 9.42. The van der Waals surface area contributed by atoms with E-state index >= 15 is 4.39 Å². The van der Waals surface area contributed by atoms with Gasteiger partial charge in [-0.3, -0.25) is 0 Å². The van der Waals surface area contributed by atoms with E-state index in [-0.39, 0.29) is 54.5 Å². The van der Waals surface area contributed by atoms with Gasteiger partial charge in [0.15, 0.2) is 5.69 Å². The molecule has 6 nitrogen and oxygen atoms in total. The normalized spacial score (nSPS) is 11.6. The summed E-state index contributed by atoms with van der Waals surface area (Å²) in [6.45, 7) is 7.73. The highest BCUT2D eigenvalue weighted by atomic mass is 35.5. The first kappa shape index (κ1) is 31.5. The second kappa shape index (κ2) is 12.1. The van der Waals surface area contributed by atoms with Gasteiger partial charge >= 0.3 is 5.97 Å². The molecular formula is C35H19ClF4N2O4S. The number of carboxylic acids is 1. The average Bonchev–Trinajstić information content (AvgIpc) is 3.39. The third-order valence-electron chi connectivity index (χ3n) is 7.58. The fraction of sp³-hybridized carbons (Fsp3) is 0.0286. The van der Waals surface area contributed by atoms with Gasteiger partial charge in [0.05, 0.1) is 28.2 Å². The van der Waals surface area contributed by atoms with E-state index in [4.69, 9.17) is 18.2 Å². The van der Waals surface area contributed by atoms with E-state index in [9.17, 15) is 31.5 Å². The van der Waals surface area contributed by atoms with E-state index in [1.807, 2.05) is 0 Å². The third kappa shape index (κ3) is 5.52. The highest BCUT2D eigenvalue weighted by Gasteiger charge is 2.31. The number of carboxylic acid groups (broad SMARTS) is 1. The molecule has 0 unspecified atom stereocenters. The number of halogens is 5. The molecule has 0 radical (unpaired) electrons. The topological polar surface area (TPSA) is 80.7 Å². The molecule has 0 fully saturated rings. The summed E-state index contributed by atoms with van der Waals surface area (Å²) in [5.41, 5.74) is -0.212. The first-order chi connectivity index (χ1) is 22.4. The molecule has 6 aromatic rings. The largest absolute Gasteiger partial charge is 0.478 e. The Morgan fingerprint density at radius 1 is 0.851 bits per heavy atom. The number of hydrogen-bond donors (Lipinski definition) is 1. The van der Waals surface area contributed by atoms with Crippen LogP contribution in [0.3, 0.4) is 0 Å². The lowest BCUT2D eigenvalue weighted by atomic mass is 9.94. The van der Waals surface area contributed by atoms with Gasteiger partial charge in [0, 0.05) is 38.2 Å². The fourth-order valence-corrected chi connectivity index (χ4v) is 7.30. The van der Waals surface area contributed by atoms with Crippen molar-refractivity contribution in [3.63, 3.8) is 0 Å². The van der Waals surface area contributed by atoms with E-state index in [1.54, 1.807) is 18.2 Å². The van der Waals surface area contributed by atoms with Gasteiger partial charge in [0.2, 0.25) is 0 Å². The highest BCUT2D eigenvalue weighted by molar-refractivity contribution is 7.90. The van der Waals surface area contributed by atoms with Crippen LogP contribution in [-0.2, 0) is 10.0 Å². The summed E-state index contributed by atoms with van der Waals surface area (Å²) in [7, 11) is -4.66. The van der Waals surface area contributed by atoms with Crippen molar-refractivity contribution in [2.45, 2.75) is 11.3 Å².